The third kappa shape index (κ3) is 36.3. The van der Waals surface area contributed by atoms with Gasteiger partial charge in [-0.3, -0.25) is 4.79 Å². The van der Waals surface area contributed by atoms with Crippen LogP contribution in [0.1, 0.15) is 168 Å². The molecule has 2 saturated heterocycles. The van der Waals surface area contributed by atoms with E-state index in [1.807, 2.05) is 0 Å². The van der Waals surface area contributed by atoms with Gasteiger partial charge in [0.25, 0.3) is 0 Å². The minimum Gasteiger partial charge on any atom is -0.457 e. The van der Waals surface area contributed by atoms with Crippen LogP contribution in [0.25, 0.3) is 0 Å². The SMILES string of the molecule is CC/C=C\C/C=C\C/C=C\C/C=C\C/C=C\C/C=C\CCCCCCCCCOCC(COC1OC(COC2OC(CO)C(O)C(O)C2O)C(O)C(O)C1O)OC(=O)CCCCC/C=C\C/C=C\C/C=C\C/C=C\C/C=C\CC. The summed E-state index contributed by atoms with van der Waals surface area (Å²) in [5.41, 5.74) is 0. The zero-order valence-electron chi connectivity index (χ0n) is 48.0. The minimum absolute atomic E-state index is 0.0298. The van der Waals surface area contributed by atoms with Gasteiger partial charge in [0.1, 0.15) is 54.9 Å². The highest BCUT2D eigenvalue weighted by Gasteiger charge is 2.47. The van der Waals surface area contributed by atoms with Crippen molar-refractivity contribution in [2.24, 2.45) is 0 Å². The summed E-state index contributed by atoms with van der Waals surface area (Å²) in [5, 5.41) is 72.4. The second-order valence-corrected chi connectivity index (χ2v) is 20.1. The molecule has 2 heterocycles. The third-order valence-corrected chi connectivity index (χ3v) is 13.2. The van der Waals surface area contributed by atoms with E-state index in [2.05, 4.69) is 148 Å². The van der Waals surface area contributed by atoms with E-state index in [0.29, 0.717) is 13.0 Å². The first-order valence-corrected chi connectivity index (χ1v) is 29.8. The number of carbonyl (C=O) groups excluding carboxylic acids is 1. The fraction of sp³-hybridized carbons (Fsp3) is 0.646. The fourth-order valence-electron chi connectivity index (χ4n) is 8.43. The Morgan fingerprint density at radius 1 is 0.418 bits per heavy atom. The van der Waals surface area contributed by atoms with Crippen molar-refractivity contribution in [1.29, 1.82) is 0 Å². The molecule has 79 heavy (non-hydrogen) atoms. The second-order valence-electron chi connectivity index (χ2n) is 20.1. The highest BCUT2D eigenvalue weighted by molar-refractivity contribution is 5.69. The van der Waals surface area contributed by atoms with Crippen molar-refractivity contribution < 1.29 is 69.0 Å². The lowest BCUT2D eigenvalue weighted by Crippen LogP contribution is -2.61. The summed E-state index contributed by atoms with van der Waals surface area (Å²) in [6, 6.07) is 0. The molecule has 0 aliphatic carbocycles. The van der Waals surface area contributed by atoms with Gasteiger partial charge in [-0.15, -0.1) is 0 Å². The summed E-state index contributed by atoms with van der Waals surface area (Å²) in [6.07, 6.45) is 55.1. The van der Waals surface area contributed by atoms with Gasteiger partial charge in [0.05, 0.1) is 26.4 Å². The van der Waals surface area contributed by atoms with Gasteiger partial charge in [-0.2, -0.15) is 0 Å². The molecule has 448 valence electrons. The van der Waals surface area contributed by atoms with Gasteiger partial charge in [0.2, 0.25) is 0 Å². The van der Waals surface area contributed by atoms with Crippen LogP contribution in [0.4, 0.5) is 0 Å². The maximum Gasteiger partial charge on any atom is 0.306 e. The molecule has 0 spiro atoms. The fourth-order valence-corrected chi connectivity index (χ4v) is 8.43. The molecule has 0 amide bonds. The number of ether oxygens (including phenoxy) is 6. The average molecular weight is 1110 g/mol. The first kappa shape index (κ1) is 71.2. The third-order valence-electron chi connectivity index (χ3n) is 13.2. The van der Waals surface area contributed by atoms with Crippen molar-refractivity contribution in [2.45, 2.75) is 235 Å². The van der Waals surface area contributed by atoms with E-state index >= 15 is 0 Å². The largest absolute Gasteiger partial charge is 0.457 e. The van der Waals surface area contributed by atoms with E-state index in [1.54, 1.807) is 0 Å². The number of esters is 1. The summed E-state index contributed by atoms with van der Waals surface area (Å²) < 4.78 is 34.4. The van der Waals surface area contributed by atoms with Gasteiger partial charge in [0, 0.05) is 13.0 Å². The van der Waals surface area contributed by atoms with Crippen molar-refractivity contribution in [2.75, 3.05) is 33.0 Å². The lowest BCUT2D eigenvalue weighted by Gasteiger charge is -2.42. The predicted molar refractivity (Wildman–Crippen MR) is 316 cm³/mol. The molecule has 2 rings (SSSR count). The van der Waals surface area contributed by atoms with Crippen LogP contribution < -0.4 is 0 Å². The van der Waals surface area contributed by atoms with E-state index < -0.39 is 86.7 Å². The van der Waals surface area contributed by atoms with Gasteiger partial charge in [0.15, 0.2) is 12.6 Å². The molecule has 0 radical (unpaired) electrons. The van der Waals surface area contributed by atoms with Gasteiger partial charge >= 0.3 is 5.97 Å². The zero-order valence-corrected chi connectivity index (χ0v) is 48.0. The molecule has 0 saturated carbocycles. The topological polar surface area (TPSA) is 214 Å². The molecule has 0 aromatic carbocycles. The Kier molecular flexibility index (Phi) is 45.0. The van der Waals surface area contributed by atoms with Gasteiger partial charge in [-0.25, -0.2) is 0 Å². The average Bonchev–Trinajstić information content (AvgIpc) is 3.46. The minimum atomic E-state index is -1.73. The quantitative estimate of drug-likeness (QED) is 0.0172. The number of allylic oxidation sites excluding steroid dienone is 22. The van der Waals surface area contributed by atoms with Crippen molar-refractivity contribution >= 4 is 5.97 Å². The summed E-state index contributed by atoms with van der Waals surface area (Å²) in [5.74, 6) is -0.417. The van der Waals surface area contributed by atoms with E-state index in [-0.39, 0.29) is 19.6 Å². The van der Waals surface area contributed by atoms with Crippen LogP contribution in [0.5, 0.6) is 0 Å². The Morgan fingerprint density at radius 2 is 0.785 bits per heavy atom. The molecule has 0 bridgehead atoms. The van der Waals surface area contributed by atoms with E-state index in [9.17, 15) is 40.5 Å². The van der Waals surface area contributed by atoms with Crippen molar-refractivity contribution in [3.63, 3.8) is 0 Å². The Morgan fingerprint density at radius 3 is 1.23 bits per heavy atom. The van der Waals surface area contributed by atoms with Crippen LogP contribution in [0.3, 0.4) is 0 Å². The van der Waals surface area contributed by atoms with E-state index in [0.717, 1.165) is 122 Å². The normalized spacial score (nSPS) is 25.0. The number of aliphatic hydroxyl groups is 7. The van der Waals surface area contributed by atoms with Crippen LogP contribution in [0.2, 0.25) is 0 Å². The summed E-state index contributed by atoms with van der Waals surface area (Å²) in [6.45, 7) is 3.36. The second kappa shape index (κ2) is 49.9. The molecule has 14 nitrogen and oxygen atoms in total. The van der Waals surface area contributed by atoms with Crippen LogP contribution >= 0.6 is 0 Å². The summed E-state index contributed by atoms with van der Waals surface area (Å²) >= 11 is 0. The van der Waals surface area contributed by atoms with Crippen molar-refractivity contribution in [3.8, 4) is 0 Å². The molecule has 2 aliphatic heterocycles. The van der Waals surface area contributed by atoms with Crippen molar-refractivity contribution in [1.82, 2.24) is 0 Å². The highest BCUT2D eigenvalue weighted by Crippen LogP contribution is 2.26. The Hall–Kier alpha value is -3.87. The molecule has 0 aromatic heterocycles. The summed E-state index contributed by atoms with van der Waals surface area (Å²) in [7, 11) is 0. The molecule has 11 unspecified atom stereocenters. The zero-order chi connectivity index (χ0) is 57.2. The number of carbonyl (C=O) groups is 1. The maximum atomic E-state index is 13.1. The standard InChI is InChI=1S/C65H104O14/c1-3-5-7-9-11-13-15-17-19-21-23-24-25-26-27-28-29-31-33-35-37-39-41-43-45-47-49-74-51-54(77-57(67)48-46-44-42-40-38-36-34-32-30-22-20-18-16-14-12-10-8-6-4-2)52-75-64-63(73)61(71)59(69)56(79-64)53-76-65-62(72)60(70)58(68)55(50-66)78-65/h5-8,11-14,17-20,23-24,26-27,29-32,36,38,54-56,58-66,68-73H,3-4,9-10,15-16,21-22,25,28,33-35,37,39-53H2,1-2H3/b7-5-,8-6-,13-11-,14-12-,19-17-,20-18-,24-23-,27-26-,31-29-,32-30-,38-36-. The molecule has 7 N–H and O–H groups in total. The molecule has 0 aromatic rings. The van der Waals surface area contributed by atoms with Crippen LogP contribution in [0.15, 0.2) is 134 Å². The molecule has 11 atom stereocenters. The van der Waals surface area contributed by atoms with Crippen molar-refractivity contribution in [3.05, 3.63) is 134 Å². The summed E-state index contributed by atoms with van der Waals surface area (Å²) in [4.78, 5) is 13.1. The number of aliphatic hydroxyl groups excluding tert-OH is 7. The Labute approximate surface area is 475 Å². The molecular formula is C65H104O14. The molecule has 14 heteroatoms. The van der Waals surface area contributed by atoms with Crippen LogP contribution in [-0.4, -0.2) is 142 Å². The lowest BCUT2D eigenvalue weighted by molar-refractivity contribution is -0.332. The van der Waals surface area contributed by atoms with Crippen LogP contribution in [0, 0.1) is 0 Å². The van der Waals surface area contributed by atoms with Gasteiger partial charge in [-0.1, -0.05) is 186 Å². The van der Waals surface area contributed by atoms with Crippen LogP contribution in [-0.2, 0) is 33.2 Å². The predicted octanol–water partition coefficient (Wildman–Crippen LogP) is 11.1. The van der Waals surface area contributed by atoms with Gasteiger partial charge < -0.3 is 64.2 Å². The number of rotatable bonds is 46. The Balaban J connectivity index is 1.73. The number of unbranched alkanes of at least 4 members (excludes halogenated alkanes) is 10. The first-order chi connectivity index (χ1) is 38.6. The highest BCUT2D eigenvalue weighted by atomic mass is 16.7. The lowest BCUT2D eigenvalue weighted by atomic mass is 9.98. The van der Waals surface area contributed by atoms with E-state index in [1.165, 1.54) is 19.3 Å². The molecule has 2 fully saturated rings. The maximum absolute atomic E-state index is 13.1. The van der Waals surface area contributed by atoms with Gasteiger partial charge in [-0.05, 0) is 109 Å². The monoisotopic (exact) mass is 1110 g/mol. The Bertz CT molecular complexity index is 1810. The molecule has 2 aliphatic rings. The number of hydrogen-bond donors (Lipinski definition) is 7. The molecular weight excluding hydrogens is 1000 g/mol. The smallest absolute Gasteiger partial charge is 0.306 e. The number of hydrogen-bond acceptors (Lipinski definition) is 14. The van der Waals surface area contributed by atoms with E-state index in [4.69, 9.17) is 28.4 Å². The first-order valence-electron chi connectivity index (χ1n) is 29.8.